The highest BCUT2D eigenvalue weighted by Crippen LogP contribution is 2.42. The van der Waals surface area contributed by atoms with Gasteiger partial charge in [0.05, 0.1) is 18.8 Å². The third-order valence-electron chi connectivity index (χ3n) is 3.86. The zero-order valence-corrected chi connectivity index (χ0v) is 14.6. The SMILES string of the molecule is CCOC(=O)CN1CCOc2c1cc(C(C)=O)cc2C(C)(C)C. The van der Waals surface area contributed by atoms with Crippen LogP contribution in [0.1, 0.15) is 50.5 Å². The van der Waals surface area contributed by atoms with Crippen LogP contribution in [0.25, 0.3) is 0 Å². The fourth-order valence-electron chi connectivity index (χ4n) is 2.67. The van der Waals surface area contributed by atoms with Crippen molar-refractivity contribution < 1.29 is 19.1 Å². The lowest BCUT2D eigenvalue weighted by Gasteiger charge is -2.34. The number of carbonyl (C=O) groups excluding carboxylic acids is 2. The Bertz CT molecular complexity index is 616. The highest BCUT2D eigenvalue weighted by atomic mass is 16.5. The van der Waals surface area contributed by atoms with Gasteiger partial charge >= 0.3 is 5.97 Å². The van der Waals surface area contributed by atoms with Crippen LogP contribution in [-0.2, 0) is 14.9 Å². The molecule has 0 amide bonds. The third-order valence-corrected chi connectivity index (χ3v) is 3.86. The second kappa shape index (κ2) is 6.60. The number of benzene rings is 1. The molecule has 1 aliphatic heterocycles. The summed E-state index contributed by atoms with van der Waals surface area (Å²) in [5, 5.41) is 0. The van der Waals surface area contributed by atoms with E-state index in [-0.39, 0.29) is 23.7 Å². The zero-order chi connectivity index (χ0) is 17.2. The first-order valence-electron chi connectivity index (χ1n) is 7.97. The van der Waals surface area contributed by atoms with Gasteiger partial charge in [-0.05, 0) is 31.4 Å². The fourth-order valence-corrected chi connectivity index (χ4v) is 2.67. The number of anilines is 1. The number of carbonyl (C=O) groups is 2. The van der Waals surface area contributed by atoms with E-state index < -0.39 is 0 Å². The second-order valence-corrected chi connectivity index (χ2v) is 6.75. The van der Waals surface area contributed by atoms with E-state index in [9.17, 15) is 9.59 Å². The van der Waals surface area contributed by atoms with E-state index in [4.69, 9.17) is 9.47 Å². The van der Waals surface area contributed by atoms with Gasteiger partial charge in [0.1, 0.15) is 18.9 Å². The molecule has 0 atom stereocenters. The molecule has 0 aliphatic carbocycles. The number of hydrogen-bond donors (Lipinski definition) is 0. The predicted octanol–water partition coefficient (Wildman–Crippen LogP) is 2.95. The summed E-state index contributed by atoms with van der Waals surface area (Å²) >= 11 is 0. The predicted molar refractivity (Wildman–Crippen MR) is 89.5 cm³/mol. The van der Waals surface area contributed by atoms with E-state index in [1.54, 1.807) is 13.8 Å². The Morgan fingerprint density at radius 2 is 2.00 bits per heavy atom. The lowest BCUT2D eigenvalue weighted by Crippen LogP contribution is -2.38. The molecule has 1 aromatic rings. The summed E-state index contributed by atoms with van der Waals surface area (Å²) in [6.07, 6.45) is 0. The fraction of sp³-hybridized carbons (Fsp3) is 0.556. The minimum absolute atomic E-state index is 0.0000387. The lowest BCUT2D eigenvalue weighted by atomic mass is 9.84. The summed E-state index contributed by atoms with van der Waals surface area (Å²) in [4.78, 5) is 25.7. The first-order valence-corrected chi connectivity index (χ1v) is 7.97. The molecule has 0 spiro atoms. The molecular formula is C18H25NO4. The Balaban J connectivity index is 2.50. The summed E-state index contributed by atoms with van der Waals surface area (Å²) < 4.78 is 10.9. The monoisotopic (exact) mass is 319 g/mol. The molecule has 5 heteroatoms. The topological polar surface area (TPSA) is 55.8 Å². The van der Waals surface area contributed by atoms with Gasteiger partial charge in [-0.3, -0.25) is 9.59 Å². The van der Waals surface area contributed by atoms with Gasteiger partial charge in [0, 0.05) is 11.1 Å². The van der Waals surface area contributed by atoms with Crippen molar-refractivity contribution in [2.75, 3.05) is 31.2 Å². The maximum Gasteiger partial charge on any atom is 0.325 e. The largest absolute Gasteiger partial charge is 0.489 e. The normalized spacial score (nSPS) is 14.0. The molecule has 0 fully saturated rings. The van der Waals surface area contributed by atoms with Crippen molar-refractivity contribution >= 4 is 17.4 Å². The van der Waals surface area contributed by atoms with Crippen LogP contribution in [0.3, 0.4) is 0 Å². The van der Waals surface area contributed by atoms with Crippen LogP contribution in [0.15, 0.2) is 12.1 Å². The lowest BCUT2D eigenvalue weighted by molar-refractivity contribution is -0.141. The third kappa shape index (κ3) is 3.84. The van der Waals surface area contributed by atoms with E-state index >= 15 is 0 Å². The van der Waals surface area contributed by atoms with E-state index in [0.29, 0.717) is 25.3 Å². The molecule has 5 nitrogen and oxygen atoms in total. The average Bonchev–Trinajstić information content (AvgIpc) is 2.45. The number of fused-ring (bicyclic) bond motifs is 1. The molecule has 1 heterocycles. The molecule has 0 radical (unpaired) electrons. The summed E-state index contributed by atoms with van der Waals surface area (Å²) in [7, 11) is 0. The number of nitrogens with zero attached hydrogens (tertiary/aromatic N) is 1. The van der Waals surface area contributed by atoms with Gasteiger partial charge in [0.2, 0.25) is 0 Å². The summed E-state index contributed by atoms with van der Waals surface area (Å²) in [6.45, 7) is 11.2. The molecular weight excluding hydrogens is 294 g/mol. The Hall–Kier alpha value is -2.04. The molecule has 1 aliphatic rings. The number of ketones is 1. The van der Waals surface area contributed by atoms with Crippen molar-refractivity contribution in [2.24, 2.45) is 0 Å². The van der Waals surface area contributed by atoms with Gasteiger partial charge in [0.25, 0.3) is 0 Å². The molecule has 1 aromatic carbocycles. The molecule has 126 valence electrons. The van der Waals surface area contributed by atoms with Crippen LogP contribution in [0.5, 0.6) is 5.75 Å². The van der Waals surface area contributed by atoms with Crippen molar-refractivity contribution in [1.29, 1.82) is 0 Å². The Morgan fingerprint density at radius 1 is 1.30 bits per heavy atom. The van der Waals surface area contributed by atoms with Crippen LogP contribution in [0.4, 0.5) is 5.69 Å². The van der Waals surface area contributed by atoms with Crippen molar-refractivity contribution in [3.8, 4) is 5.75 Å². The van der Waals surface area contributed by atoms with Crippen LogP contribution in [0.2, 0.25) is 0 Å². The standard InChI is InChI=1S/C18H25NO4/c1-6-22-16(21)11-19-7-8-23-17-14(18(3,4)5)9-13(12(2)20)10-15(17)19/h9-10H,6-8,11H2,1-5H3. The van der Waals surface area contributed by atoms with Gasteiger partial charge in [-0.15, -0.1) is 0 Å². The number of rotatable bonds is 4. The smallest absolute Gasteiger partial charge is 0.325 e. The van der Waals surface area contributed by atoms with Crippen molar-refractivity contribution in [1.82, 2.24) is 0 Å². The first kappa shape index (κ1) is 17.3. The van der Waals surface area contributed by atoms with E-state index in [0.717, 1.165) is 17.0 Å². The quantitative estimate of drug-likeness (QED) is 0.631. The molecule has 23 heavy (non-hydrogen) atoms. The Kier molecular flexibility index (Phi) is 4.97. The minimum atomic E-state index is -0.272. The molecule has 0 N–H and O–H groups in total. The molecule has 0 saturated heterocycles. The van der Waals surface area contributed by atoms with Crippen molar-refractivity contribution in [2.45, 2.75) is 40.0 Å². The van der Waals surface area contributed by atoms with Crippen LogP contribution in [0, 0.1) is 0 Å². The Morgan fingerprint density at radius 3 is 2.57 bits per heavy atom. The van der Waals surface area contributed by atoms with Gasteiger partial charge in [0.15, 0.2) is 5.78 Å². The van der Waals surface area contributed by atoms with Gasteiger partial charge in [-0.1, -0.05) is 20.8 Å². The number of Topliss-reactive ketones (excluding diaryl/α,β-unsaturated/α-hetero) is 1. The molecule has 0 bridgehead atoms. The van der Waals surface area contributed by atoms with Gasteiger partial charge in [-0.25, -0.2) is 0 Å². The molecule has 0 saturated carbocycles. The molecule has 0 aromatic heterocycles. The van der Waals surface area contributed by atoms with E-state index in [2.05, 4.69) is 20.8 Å². The summed E-state index contributed by atoms with van der Waals surface area (Å²) in [5.41, 5.74) is 2.24. The molecule has 2 rings (SSSR count). The van der Waals surface area contributed by atoms with Gasteiger partial charge < -0.3 is 14.4 Å². The summed E-state index contributed by atoms with van der Waals surface area (Å²) in [6, 6.07) is 3.71. The first-order chi connectivity index (χ1) is 10.7. The van der Waals surface area contributed by atoms with Crippen LogP contribution < -0.4 is 9.64 Å². The maximum atomic E-state index is 11.9. The molecule has 0 unspecified atom stereocenters. The highest BCUT2D eigenvalue weighted by Gasteiger charge is 2.29. The van der Waals surface area contributed by atoms with Crippen molar-refractivity contribution in [3.63, 3.8) is 0 Å². The number of hydrogen-bond acceptors (Lipinski definition) is 5. The summed E-state index contributed by atoms with van der Waals surface area (Å²) in [5.74, 6) is 0.490. The zero-order valence-electron chi connectivity index (χ0n) is 14.6. The second-order valence-electron chi connectivity index (χ2n) is 6.75. The van der Waals surface area contributed by atoms with Crippen molar-refractivity contribution in [3.05, 3.63) is 23.3 Å². The average molecular weight is 319 g/mol. The van der Waals surface area contributed by atoms with E-state index in [1.165, 1.54) is 0 Å². The van der Waals surface area contributed by atoms with E-state index in [1.807, 2.05) is 17.0 Å². The number of esters is 1. The highest BCUT2D eigenvalue weighted by molar-refractivity contribution is 5.96. The maximum absolute atomic E-state index is 11.9. The van der Waals surface area contributed by atoms with Crippen LogP contribution >= 0.6 is 0 Å². The Labute approximate surface area is 137 Å². The van der Waals surface area contributed by atoms with Gasteiger partial charge in [-0.2, -0.15) is 0 Å². The minimum Gasteiger partial charge on any atom is -0.489 e. The van der Waals surface area contributed by atoms with Crippen LogP contribution in [-0.4, -0.2) is 38.1 Å². The number of ether oxygens (including phenoxy) is 2.